The third-order valence-corrected chi connectivity index (χ3v) is 4.87. The Morgan fingerprint density at radius 1 is 1.42 bits per heavy atom. The lowest BCUT2D eigenvalue weighted by molar-refractivity contribution is 0.0558. The van der Waals surface area contributed by atoms with Crippen LogP contribution in [0.4, 0.5) is 0 Å². The molecule has 0 fully saturated rings. The first-order valence-corrected chi connectivity index (χ1v) is 8.81. The highest BCUT2D eigenvalue weighted by atomic mass is 32.1. The summed E-state index contributed by atoms with van der Waals surface area (Å²) in [5.41, 5.74) is 0.778. The van der Waals surface area contributed by atoms with Crippen LogP contribution in [0.5, 0.6) is 11.5 Å². The van der Waals surface area contributed by atoms with Crippen LogP contribution in [0.25, 0.3) is 0 Å². The zero-order valence-corrected chi connectivity index (χ0v) is 14.3. The molecule has 6 nitrogen and oxygen atoms in total. The molecule has 0 unspecified atom stereocenters. The molecule has 128 valence electrons. The second kappa shape index (κ2) is 7.63. The summed E-state index contributed by atoms with van der Waals surface area (Å²) in [6, 6.07) is 5.31. The number of nitrogens with zero attached hydrogens (tertiary/aromatic N) is 2. The molecule has 0 aliphatic carbocycles. The van der Waals surface area contributed by atoms with Crippen LogP contribution < -0.4 is 9.47 Å². The number of thiophene rings is 1. The molecule has 1 amide bonds. The number of aromatic nitrogens is 1. The van der Waals surface area contributed by atoms with Crippen LogP contribution in [0, 0.1) is 0 Å². The van der Waals surface area contributed by atoms with Crippen LogP contribution in [0.2, 0.25) is 0 Å². The van der Waals surface area contributed by atoms with Gasteiger partial charge in [-0.3, -0.25) is 9.78 Å². The van der Waals surface area contributed by atoms with Gasteiger partial charge in [-0.05, 0) is 18.6 Å². The Balaban J connectivity index is 1.89. The Morgan fingerprint density at radius 2 is 2.25 bits per heavy atom. The van der Waals surface area contributed by atoms with Crippen molar-refractivity contribution in [3.63, 3.8) is 0 Å². The van der Waals surface area contributed by atoms with Crippen molar-refractivity contribution in [1.82, 2.24) is 9.88 Å². The van der Waals surface area contributed by atoms with Gasteiger partial charge >= 0.3 is 0 Å². The van der Waals surface area contributed by atoms with Crippen LogP contribution in [0.15, 0.2) is 29.8 Å². The zero-order chi connectivity index (χ0) is 16.9. The number of aliphatic hydroxyl groups is 1. The smallest absolute Gasteiger partial charge is 0.268 e. The minimum absolute atomic E-state index is 0.0972. The van der Waals surface area contributed by atoms with Crippen molar-refractivity contribution in [3.05, 3.63) is 40.3 Å². The molecule has 0 aromatic carbocycles. The number of hydrogen-bond acceptors (Lipinski definition) is 6. The summed E-state index contributed by atoms with van der Waals surface area (Å²) in [5.74, 6) is 0.956. The molecule has 2 aromatic rings. The Bertz CT molecular complexity index is 685. The summed E-state index contributed by atoms with van der Waals surface area (Å²) in [6.45, 7) is 3.11. The number of hydrogen-bond donors (Lipinski definition) is 1. The fourth-order valence-corrected chi connectivity index (χ4v) is 3.51. The molecule has 24 heavy (non-hydrogen) atoms. The van der Waals surface area contributed by atoms with Crippen LogP contribution in [-0.2, 0) is 6.54 Å². The normalized spacial score (nSPS) is 14.2. The van der Waals surface area contributed by atoms with Gasteiger partial charge in [0.05, 0.1) is 24.9 Å². The van der Waals surface area contributed by atoms with Crippen LogP contribution in [0.3, 0.4) is 0 Å². The van der Waals surface area contributed by atoms with E-state index in [4.69, 9.17) is 9.47 Å². The number of aliphatic hydroxyl groups excluding tert-OH is 1. The van der Waals surface area contributed by atoms with Crippen LogP contribution in [-0.4, -0.2) is 46.8 Å². The molecule has 0 bridgehead atoms. The van der Waals surface area contributed by atoms with E-state index < -0.39 is 0 Å². The second-order valence-corrected chi connectivity index (χ2v) is 6.33. The van der Waals surface area contributed by atoms with Crippen molar-refractivity contribution < 1.29 is 19.4 Å². The summed E-state index contributed by atoms with van der Waals surface area (Å²) < 4.78 is 11.1. The van der Waals surface area contributed by atoms with Gasteiger partial charge in [0.15, 0.2) is 11.5 Å². The molecule has 0 saturated heterocycles. The fourth-order valence-electron chi connectivity index (χ4n) is 2.62. The van der Waals surface area contributed by atoms with Gasteiger partial charge in [-0.2, -0.15) is 0 Å². The number of amides is 1. The maximum atomic E-state index is 13.1. The van der Waals surface area contributed by atoms with Crippen LogP contribution in [0.1, 0.15) is 28.7 Å². The summed E-state index contributed by atoms with van der Waals surface area (Å²) >= 11 is 1.31. The number of carbonyl (C=O) groups is 1. The molecule has 1 aliphatic rings. The van der Waals surface area contributed by atoms with E-state index in [-0.39, 0.29) is 18.6 Å². The molecule has 1 N–H and O–H groups in total. The average Bonchev–Trinajstić information content (AvgIpc) is 3.06. The first kappa shape index (κ1) is 16.7. The largest absolute Gasteiger partial charge is 0.485 e. The third kappa shape index (κ3) is 3.37. The monoisotopic (exact) mass is 348 g/mol. The third-order valence-electron chi connectivity index (χ3n) is 3.94. The summed E-state index contributed by atoms with van der Waals surface area (Å²) in [7, 11) is 0. The number of fused-ring (bicyclic) bond motifs is 1. The topological polar surface area (TPSA) is 71.9 Å². The van der Waals surface area contributed by atoms with Gasteiger partial charge in [0, 0.05) is 11.6 Å². The molecule has 0 spiro atoms. The fraction of sp³-hybridized carbons (Fsp3) is 0.412. The molecular weight excluding hydrogens is 328 g/mol. The SMILES string of the molecule is CC[C@@H](CO)N(Cc1ccccn1)C(=O)c1scc2c1OCCO2. The number of ether oxygens (including phenoxy) is 2. The Labute approximate surface area is 144 Å². The highest BCUT2D eigenvalue weighted by Crippen LogP contribution is 2.40. The maximum absolute atomic E-state index is 13.1. The molecule has 0 saturated carbocycles. The predicted octanol–water partition coefficient (Wildman–Crippen LogP) is 2.33. The zero-order valence-electron chi connectivity index (χ0n) is 13.5. The average molecular weight is 348 g/mol. The maximum Gasteiger partial charge on any atom is 0.268 e. The van der Waals surface area contributed by atoms with Gasteiger partial charge in [0.25, 0.3) is 5.91 Å². The van der Waals surface area contributed by atoms with E-state index in [9.17, 15) is 9.90 Å². The lowest BCUT2D eigenvalue weighted by atomic mass is 10.1. The molecule has 2 aromatic heterocycles. The Morgan fingerprint density at radius 3 is 2.96 bits per heavy atom. The van der Waals surface area contributed by atoms with E-state index in [0.717, 1.165) is 5.69 Å². The van der Waals surface area contributed by atoms with E-state index in [0.29, 0.717) is 42.6 Å². The van der Waals surface area contributed by atoms with Crippen molar-refractivity contribution in [1.29, 1.82) is 0 Å². The minimum Gasteiger partial charge on any atom is -0.485 e. The van der Waals surface area contributed by atoms with Crippen LogP contribution >= 0.6 is 11.3 Å². The molecular formula is C17H20N2O4S. The lowest BCUT2D eigenvalue weighted by Crippen LogP contribution is -2.41. The molecule has 7 heteroatoms. The standard InChI is InChI=1S/C17H20N2O4S/c1-2-13(10-20)19(9-12-5-3-4-6-18-12)17(21)16-15-14(11-24-16)22-7-8-23-15/h3-6,11,13,20H,2,7-10H2,1H3/t13-/m0/s1. The van der Waals surface area contributed by atoms with E-state index in [1.165, 1.54) is 11.3 Å². The van der Waals surface area contributed by atoms with Crippen molar-refractivity contribution >= 4 is 17.2 Å². The molecule has 1 aliphatic heterocycles. The lowest BCUT2D eigenvalue weighted by Gasteiger charge is -2.30. The van der Waals surface area contributed by atoms with Gasteiger partial charge in [-0.25, -0.2) is 0 Å². The van der Waals surface area contributed by atoms with E-state index in [1.54, 1.807) is 16.5 Å². The summed E-state index contributed by atoms with van der Waals surface area (Å²) in [6.07, 6.45) is 2.35. The molecule has 1 atom stereocenters. The highest BCUT2D eigenvalue weighted by Gasteiger charge is 2.30. The first-order valence-electron chi connectivity index (χ1n) is 7.93. The first-order chi connectivity index (χ1) is 11.7. The number of rotatable bonds is 6. The van der Waals surface area contributed by atoms with Gasteiger partial charge in [-0.15, -0.1) is 11.3 Å². The Hall–Kier alpha value is -2.12. The van der Waals surface area contributed by atoms with Gasteiger partial charge in [-0.1, -0.05) is 13.0 Å². The minimum atomic E-state index is -0.276. The molecule has 3 rings (SSSR count). The van der Waals surface area contributed by atoms with Gasteiger partial charge in [0.1, 0.15) is 18.1 Å². The van der Waals surface area contributed by atoms with E-state index in [1.807, 2.05) is 25.1 Å². The van der Waals surface area contributed by atoms with Gasteiger partial charge < -0.3 is 19.5 Å². The molecule has 0 radical (unpaired) electrons. The molecule has 3 heterocycles. The second-order valence-electron chi connectivity index (χ2n) is 5.45. The summed E-state index contributed by atoms with van der Waals surface area (Å²) in [5, 5.41) is 11.5. The predicted molar refractivity (Wildman–Crippen MR) is 90.6 cm³/mol. The quantitative estimate of drug-likeness (QED) is 0.867. The summed E-state index contributed by atoms with van der Waals surface area (Å²) in [4.78, 5) is 19.6. The van der Waals surface area contributed by atoms with Crippen molar-refractivity contribution in [2.75, 3.05) is 19.8 Å². The Kier molecular flexibility index (Phi) is 5.32. The van der Waals surface area contributed by atoms with Gasteiger partial charge in [0.2, 0.25) is 0 Å². The van der Waals surface area contributed by atoms with Crippen molar-refractivity contribution in [2.24, 2.45) is 0 Å². The highest BCUT2D eigenvalue weighted by molar-refractivity contribution is 7.12. The number of carbonyl (C=O) groups excluding carboxylic acids is 1. The van der Waals surface area contributed by atoms with Crippen molar-refractivity contribution in [3.8, 4) is 11.5 Å². The van der Waals surface area contributed by atoms with E-state index in [2.05, 4.69) is 4.98 Å². The van der Waals surface area contributed by atoms with E-state index >= 15 is 0 Å². The number of pyridine rings is 1. The van der Waals surface area contributed by atoms with Crippen molar-refractivity contribution in [2.45, 2.75) is 25.9 Å².